The van der Waals surface area contributed by atoms with Crippen LogP contribution in [0, 0.1) is 0 Å². The molecule has 1 amide bonds. The van der Waals surface area contributed by atoms with Crippen molar-refractivity contribution in [2.45, 2.75) is 12.8 Å². The summed E-state index contributed by atoms with van der Waals surface area (Å²) in [5.41, 5.74) is 3.17. The molecule has 0 saturated heterocycles. The lowest BCUT2D eigenvalue weighted by Gasteiger charge is -2.07. The van der Waals surface area contributed by atoms with Crippen molar-refractivity contribution in [3.63, 3.8) is 0 Å². The molecule has 1 aliphatic carbocycles. The number of carbonyl (C=O) groups excluding carboxylic acids is 1. The summed E-state index contributed by atoms with van der Waals surface area (Å²) < 4.78 is 5.18. The number of allylic oxidation sites excluding steroid dienone is 1. The van der Waals surface area contributed by atoms with E-state index in [1.54, 1.807) is 18.4 Å². The van der Waals surface area contributed by atoms with Crippen LogP contribution in [0.1, 0.15) is 16.9 Å². The molecule has 1 heterocycles. The van der Waals surface area contributed by atoms with E-state index in [1.807, 2.05) is 24.3 Å². The van der Waals surface area contributed by atoms with Gasteiger partial charge in [0.15, 0.2) is 0 Å². The zero-order valence-electron chi connectivity index (χ0n) is 11.2. The fraction of sp³-hybridized carbons (Fsp3) is 0.188. The number of carbonyl (C=O) groups is 1. The van der Waals surface area contributed by atoms with E-state index < -0.39 is 0 Å². The second-order valence-electron chi connectivity index (χ2n) is 4.57. The molecular weight excluding hydrogens is 270 g/mol. The second-order valence-corrected chi connectivity index (χ2v) is 5.68. The highest BCUT2D eigenvalue weighted by Crippen LogP contribution is 2.43. The summed E-state index contributed by atoms with van der Waals surface area (Å²) in [7, 11) is 1.66. The second kappa shape index (κ2) is 5.51. The maximum Gasteiger partial charge on any atom is 0.211 e. The van der Waals surface area contributed by atoms with E-state index in [0.717, 1.165) is 46.7 Å². The van der Waals surface area contributed by atoms with Gasteiger partial charge in [0, 0.05) is 10.4 Å². The Bertz CT molecular complexity index is 656. The molecule has 0 fully saturated rings. The van der Waals surface area contributed by atoms with Gasteiger partial charge < -0.3 is 10.1 Å². The van der Waals surface area contributed by atoms with E-state index in [9.17, 15) is 4.79 Å². The van der Waals surface area contributed by atoms with E-state index in [2.05, 4.69) is 17.5 Å². The summed E-state index contributed by atoms with van der Waals surface area (Å²) in [5, 5.41) is 2.86. The molecule has 4 heteroatoms. The highest BCUT2D eigenvalue weighted by atomic mass is 32.1. The number of rotatable bonds is 4. The van der Waals surface area contributed by atoms with Gasteiger partial charge in [-0.3, -0.25) is 4.79 Å². The largest absolute Gasteiger partial charge is 0.497 e. The summed E-state index contributed by atoms with van der Waals surface area (Å²) in [6.45, 7) is 0. The van der Waals surface area contributed by atoms with Crippen molar-refractivity contribution in [3.05, 3.63) is 40.8 Å². The number of nitrogens with one attached hydrogen (secondary N) is 1. The van der Waals surface area contributed by atoms with E-state index >= 15 is 0 Å². The molecule has 0 unspecified atom stereocenters. The predicted molar refractivity (Wildman–Crippen MR) is 83.3 cm³/mol. The molecule has 0 atom stereocenters. The smallest absolute Gasteiger partial charge is 0.211 e. The van der Waals surface area contributed by atoms with Crippen LogP contribution in [0.25, 0.3) is 16.5 Å². The van der Waals surface area contributed by atoms with Crippen molar-refractivity contribution in [2.24, 2.45) is 0 Å². The van der Waals surface area contributed by atoms with Crippen molar-refractivity contribution >= 4 is 29.5 Å². The number of methoxy groups -OCH3 is 1. The zero-order valence-corrected chi connectivity index (χ0v) is 12.0. The first-order chi connectivity index (χ1) is 9.83. The SMILES string of the molecule is COc1ccc(-c2sc3c(c2NC=O)C=CCC3)cc1. The molecule has 0 spiro atoms. The van der Waals surface area contributed by atoms with E-state index in [1.165, 1.54) is 4.88 Å². The van der Waals surface area contributed by atoms with Crippen LogP contribution in [-0.2, 0) is 11.2 Å². The molecule has 3 nitrogen and oxygen atoms in total. The quantitative estimate of drug-likeness (QED) is 0.864. The maximum atomic E-state index is 10.9. The fourth-order valence-electron chi connectivity index (χ4n) is 2.42. The van der Waals surface area contributed by atoms with Gasteiger partial charge in [-0.15, -0.1) is 11.3 Å². The van der Waals surface area contributed by atoms with E-state index in [-0.39, 0.29) is 0 Å². The molecule has 1 N–H and O–H groups in total. The molecule has 1 aromatic heterocycles. The number of anilines is 1. The third-order valence-corrected chi connectivity index (χ3v) is 4.71. The molecule has 0 saturated carbocycles. The highest BCUT2D eigenvalue weighted by Gasteiger charge is 2.18. The lowest BCUT2D eigenvalue weighted by molar-refractivity contribution is -0.105. The molecule has 1 aromatic carbocycles. The Balaban J connectivity index is 2.09. The Morgan fingerprint density at radius 1 is 1.30 bits per heavy atom. The summed E-state index contributed by atoms with van der Waals surface area (Å²) >= 11 is 1.76. The lowest BCUT2D eigenvalue weighted by Crippen LogP contribution is -1.97. The van der Waals surface area contributed by atoms with Crippen molar-refractivity contribution in [3.8, 4) is 16.2 Å². The third-order valence-electron chi connectivity index (χ3n) is 3.40. The Labute approximate surface area is 121 Å². The monoisotopic (exact) mass is 285 g/mol. The van der Waals surface area contributed by atoms with Gasteiger partial charge in [-0.05, 0) is 42.7 Å². The van der Waals surface area contributed by atoms with Crippen LogP contribution in [0.4, 0.5) is 5.69 Å². The van der Waals surface area contributed by atoms with Crippen molar-refractivity contribution in [1.29, 1.82) is 0 Å². The Hall–Kier alpha value is -2.07. The predicted octanol–water partition coefficient (Wildman–Crippen LogP) is 3.95. The average Bonchev–Trinajstić information content (AvgIpc) is 2.87. The summed E-state index contributed by atoms with van der Waals surface area (Å²) in [6, 6.07) is 7.93. The maximum absolute atomic E-state index is 10.9. The summed E-state index contributed by atoms with van der Waals surface area (Å²) in [5.74, 6) is 0.833. The number of hydrogen-bond donors (Lipinski definition) is 1. The van der Waals surface area contributed by atoms with Crippen LogP contribution in [0.2, 0.25) is 0 Å². The first-order valence-corrected chi connectivity index (χ1v) is 7.32. The number of aryl methyl sites for hydroxylation is 1. The standard InChI is InChI=1S/C16H15NO2S/c1-19-12-8-6-11(7-9-12)16-15(17-10-18)13-4-2-3-5-14(13)20-16/h2,4,6-10H,3,5H2,1H3,(H,17,18). The third kappa shape index (κ3) is 2.23. The van der Waals surface area contributed by atoms with Gasteiger partial charge in [0.2, 0.25) is 6.41 Å². The van der Waals surface area contributed by atoms with Gasteiger partial charge >= 0.3 is 0 Å². The zero-order chi connectivity index (χ0) is 13.9. The van der Waals surface area contributed by atoms with Crippen LogP contribution in [0.15, 0.2) is 30.3 Å². The van der Waals surface area contributed by atoms with Crippen LogP contribution >= 0.6 is 11.3 Å². The lowest BCUT2D eigenvalue weighted by atomic mass is 10.0. The number of hydrogen-bond acceptors (Lipinski definition) is 3. The van der Waals surface area contributed by atoms with Crippen molar-refractivity contribution in [2.75, 3.05) is 12.4 Å². The van der Waals surface area contributed by atoms with Crippen LogP contribution in [-0.4, -0.2) is 13.5 Å². The molecule has 2 aromatic rings. The molecule has 0 radical (unpaired) electrons. The van der Waals surface area contributed by atoms with Gasteiger partial charge in [0.05, 0.1) is 17.7 Å². The van der Waals surface area contributed by atoms with Crippen molar-refractivity contribution < 1.29 is 9.53 Å². The molecule has 20 heavy (non-hydrogen) atoms. The summed E-state index contributed by atoms with van der Waals surface area (Å²) in [6.07, 6.45) is 7.12. The molecule has 0 bridgehead atoms. The minimum absolute atomic E-state index is 0.748. The van der Waals surface area contributed by atoms with Crippen molar-refractivity contribution in [1.82, 2.24) is 0 Å². The number of benzene rings is 1. The average molecular weight is 285 g/mol. The first kappa shape index (κ1) is 12.9. The number of thiophene rings is 1. The fourth-order valence-corrected chi connectivity index (χ4v) is 3.69. The topological polar surface area (TPSA) is 38.3 Å². The van der Waals surface area contributed by atoms with Gasteiger partial charge in [-0.2, -0.15) is 0 Å². The molecule has 1 aliphatic rings. The molecule has 102 valence electrons. The van der Waals surface area contributed by atoms with Crippen LogP contribution in [0.3, 0.4) is 0 Å². The van der Waals surface area contributed by atoms with Gasteiger partial charge in [0.25, 0.3) is 0 Å². The first-order valence-electron chi connectivity index (χ1n) is 6.50. The number of fused-ring (bicyclic) bond motifs is 1. The van der Waals surface area contributed by atoms with E-state index in [4.69, 9.17) is 4.74 Å². The van der Waals surface area contributed by atoms with E-state index in [0.29, 0.717) is 0 Å². The Morgan fingerprint density at radius 3 is 2.80 bits per heavy atom. The van der Waals surface area contributed by atoms with Crippen LogP contribution in [0.5, 0.6) is 5.75 Å². The van der Waals surface area contributed by atoms with Gasteiger partial charge in [-0.1, -0.05) is 12.2 Å². The molecule has 3 rings (SSSR count). The molecular formula is C16H15NO2S. The van der Waals surface area contributed by atoms with Gasteiger partial charge in [-0.25, -0.2) is 0 Å². The minimum Gasteiger partial charge on any atom is -0.497 e. The Morgan fingerprint density at radius 2 is 2.10 bits per heavy atom. The van der Waals surface area contributed by atoms with Gasteiger partial charge in [0.1, 0.15) is 5.75 Å². The van der Waals surface area contributed by atoms with Crippen LogP contribution < -0.4 is 10.1 Å². The normalized spacial score (nSPS) is 12.8. The summed E-state index contributed by atoms with van der Waals surface area (Å²) in [4.78, 5) is 13.3. The minimum atomic E-state index is 0.748. The molecule has 0 aliphatic heterocycles. The Kier molecular flexibility index (Phi) is 3.56. The number of amides is 1. The number of ether oxygens (including phenoxy) is 1. The highest BCUT2D eigenvalue weighted by molar-refractivity contribution is 7.16.